The Balaban J connectivity index is 2.48. The van der Waals surface area contributed by atoms with E-state index < -0.39 is 17.6 Å². The van der Waals surface area contributed by atoms with Crippen molar-refractivity contribution >= 4 is 0 Å². The van der Waals surface area contributed by atoms with Gasteiger partial charge in [-0.3, -0.25) is 0 Å². The molecule has 0 spiro atoms. The van der Waals surface area contributed by atoms with Crippen LogP contribution >= 0.6 is 0 Å². The molecule has 1 fully saturated rings. The molecular formula is C13H24F2O2. The highest BCUT2D eigenvalue weighted by atomic mass is 19.3. The maximum atomic E-state index is 13.2. The lowest BCUT2D eigenvalue weighted by molar-refractivity contribution is -0.114. The number of aliphatic hydroxyl groups is 1. The van der Waals surface area contributed by atoms with Gasteiger partial charge in [-0.15, -0.1) is 0 Å². The highest BCUT2D eigenvalue weighted by Crippen LogP contribution is 2.39. The third kappa shape index (κ3) is 4.51. The summed E-state index contributed by atoms with van der Waals surface area (Å²) < 4.78 is 31.9. The molecule has 102 valence electrons. The highest BCUT2D eigenvalue weighted by Gasteiger charge is 2.39. The summed E-state index contributed by atoms with van der Waals surface area (Å²) >= 11 is 0. The largest absolute Gasteiger partial charge is 0.390 e. The van der Waals surface area contributed by atoms with Crippen molar-refractivity contribution in [1.29, 1.82) is 0 Å². The SMILES string of the molecule is CCOC(C)(C)C(O)CC1CCCC(F)(F)C1. The smallest absolute Gasteiger partial charge is 0.248 e. The number of aliphatic hydroxyl groups excluding tert-OH is 1. The van der Waals surface area contributed by atoms with Crippen molar-refractivity contribution in [2.75, 3.05) is 6.61 Å². The molecule has 2 atom stereocenters. The summed E-state index contributed by atoms with van der Waals surface area (Å²) in [7, 11) is 0. The van der Waals surface area contributed by atoms with Crippen molar-refractivity contribution in [1.82, 2.24) is 0 Å². The lowest BCUT2D eigenvalue weighted by Crippen LogP contribution is -2.41. The van der Waals surface area contributed by atoms with Gasteiger partial charge in [0.15, 0.2) is 0 Å². The third-order valence-corrected chi connectivity index (χ3v) is 3.62. The quantitative estimate of drug-likeness (QED) is 0.810. The van der Waals surface area contributed by atoms with Gasteiger partial charge in [0.2, 0.25) is 5.92 Å². The molecule has 4 heteroatoms. The van der Waals surface area contributed by atoms with Gasteiger partial charge in [-0.05, 0) is 46.0 Å². The first-order valence-corrected chi connectivity index (χ1v) is 6.46. The monoisotopic (exact) mass is 250 g/mol. The Kier molecular flexibility index (Phi) is 4.90. The molecule has 0 aromatic rings. The van der Waals surface area contributed by atoms with E-state index in [2.05, 4.69) is 0 Å². The normalized spacial score (nSPS) is 26.8. The van der Waals surface area contributed by atoms with E-state index in [1.54, 1.807) is 0 Å². The molecule has 0 amide bonds. The van der Waals surface area contributed by atoms with E-state index in [0.29, 0.717) is 19.4 Å². The van der Waals surface area contributed by atoms with E-state index in [1.807, 2.05) is 20.8 Å². The first-order valence-electron chi connectivity index (χ1n) is 6.46. The van der Waals surface area contributed by atoms with Crippen molar-refractivity contribution in [3.63, 3.8) is 0 Å². The molecule has 0 saturated heterocycles. The molecule has 0 aromatic heterocycles. The molecule has 1 rings (SSSR count). The standard InChI is InChI=1S/C13H24F2O2/c1-4-17-12(2,3)11(16)8-10-6-5-7-13(14,15)9-10/h10-11,16H,4-9H2,1-3H3. The second-order valence-electron chi connectivity index (χ2n) is 5.61. The Labute approximate surface area is 102 Å². The molecule has 2 nitrogen and oxygen atoms in total. The lowest BCUT2D eigenvalue weighted by atomic mass is 9.80. The fraction of sp³-hybridized carbons (Fsp3) is 1.00. The van der Waals surface area contributed by atoms with Crippen molar-refractivity contribution < 1.29 is 18.6 Å². The van der Waals surface area contributed by atoms with Gasteiger partial charge in [0, 0.05) is 19.4 Å². The van der Waals surface area contributed by atoms with E-state index >= 15 is 0 Å². The summed E-state index contributed by atoms with van der Waals surface area (Å²) in [6, 6.07) is 0. The van der Waals surface area contributed by atoms with Gasteiger partial charge in [-0.1, -0.05) is 0 Å². The molecule has 0 aromatic carbocycles. The highest BCUT2D eigenvalue weighted by molar-refractivity contribution is 4.85. The van der Waals surface area contributed by atoms with Crippen LogP contribution in [0.5, 0.6) is 0 Å². The van der Waals surface area contributed by atoms with Crippen molar-refractivity contribution in [3.05, 3.63) is 0 Å². The van der Waals surface area contributed by atoms with Crippen LogP contribution in [-0.4, -0.2) is 29.3 Å². The van der Waals surface area contributed by atoms with Gasteiger partial charge in [-0.2, -0.15) is 0 Å². The Bertz CT molecular complexity index is 242. The van der Waals surface area contributed by atoms with Gasteiger partial charge >= 0.3 is 0 Å². The number of hydrogen-bond donors (Lipinski definition) is 1. The molecule has 0 aliphatic heterocycles. The third-order valence-electron chi connectivity index (χ3n) is 3.62. The molecule has 0 radical (unpaired) electrons. The van der Waals surface area contributed by atoms with Crippen molar-refractivity contribution in [2.24, 2.45) is 5.92 Å². The maximum Gasteiger partial charge on any atom is 0.248 e. The molecule has 1 aliphatic carbocycles. The van der Waals surface area contributed by atoms with Crippen LogP contribution in [0.15, 0.2) is 0 Å². The van der Waals surface area contributed by atoms with Crippen LogP contribution in [0, 0.1) is 5.92 Å². The Hall–Kier alpha value is -0.220. The first-order chi connectivity index (χ1) is 7.77. The predicted molar refractivity (Wildman–Crippen MR) is 63.2 cm³/mol. The molecule has 2 unspecified atom stereocenters. The number of rotatable bonds is 5. The molecule has 17 heavy (non-hydrogen) atoms. The zero-order chi connectivity index (χ0) is 13.1. The van der Waals surface area contributed by atoms with E-state index in [9.17, 15) is 13.9 Å². The van der Waals surface area contributed by atoms with Gasteiger partial charge in [0.1, 0.15) is 0 Å². The van der Waals surface area contributed by atoms with Crippen LogP contribution in [0.4, 0.5) is 8.78 Å². The maximum absolute atomic E-state index is 13.2. The molecule has 0 bridgehead atoms. The minimum atomic E-state index is -2.54. The average Bonchev–Trinajstić information content (AvgIpc) is 2.15. The van der Waals surface area contributed by atoms with Gasteiger partial charge < -0.3 is 9.84 Å². The van der Waals surface area contributed by atoms with Crippen molar-refractivity contribution in [2.45, 2.75) is 70.5 Å². The van der Waals surface area contributed by atoms with E-state index in [1.165, 1.54) is 0 Å². The lowest BCUT2D eigenvalue weighted by Gasteiger charge is -2.35. The van der Waals surface area contributed by atoms with Crippen LogP contribution in [0.1, 0.15) is 52.9 Å². The zero-order valence-electron chi connectivity index (χ0n) is 11.0. The van der Waals surface area contributed by atoms with Crippen LogP contribution in [-0.2, 0) is 4.74 Å². The van der Waals surface area contributed by atoms with Gasteiger partial charge in [0.25, 0.3) is 0 Å². The summed E-state index contributed by atoms with van der Waals surface area (Å²) in [4.78, 5) is 0. The fourth-order valence-electron chi connectivity index (χ4n) is 2.54. The molecule has 1 aliphatic rings. The second-order valence-corrected chi connectivity index (χ2v) is 5.61. The van der Waals surface area contributed by atoms with Crippen LogP contribution in [0.3, 0.4) is 0 Å². The topological polar surface area (TPSA) is 29.5 Å². The Morgan fingerprint density at radius 2 is 2.12 bits per heavy atom. The Morgan fingerprint density at radius 1 is 1.47 bits per heavy atom. The summed E-state index contributed by atoms with van der Waals surface area (Å²) in [5, 5.41) is 10.1. The summed E-state index contributed by atoms with van der Waals surface area (Å²) in [5.74, 6) is -2.63. The summed E-state index contributed by atoms with van der Waals surface area (Å²) in [6.07, 6.45) is 0.971. The van der Waals surface area contributed by atoms with E-state index in [0.717, 1.165) is 6.42 Å². The Morgan fingerprint density at radius 3 is 2.65 bits per heavy atom. The van der Waals surface area contributed by atoms with Gasteiger partial charge in [-0.25, -0.2) is 8.78 Å². The number of alkyl halides is 2. The fourth-order valence-corrected chi connectivity index (χ4v) is 2.54. The van der Waals surface area contributed by atoms with E-state index in [-0.39, 0.29) is 18.8 Å². The molecular weight excluding hydrogens is 226 g/mol. The van der Waals surface area contributed by atoms with Crippen LogP contribution in [0.25, 0.3) is 0 Å². The van der Waals surface area contributed by atoms with Gasteiger partial charge in [0.05, 0.1) is 11.7 Å². The first kappa shape index (κ1) is 14.8. The molecule has 1 saturated carbocycles. The molecule has 1 N–H and O–H groups in total. The zero-order valence-corrected chi connectivity index (χ0v) is 11.0. The summed E-state index contributed by atoms with van der Waals surface area (Å²) in [5.41, 5.74) is -0.651. The van der Waals surface area contributed by atoms with E-state index in [4.69, 9.17) is 4.74 Å². The van der Waals surface area contributed by atoms with Crippen LogP contribution < -0.4 is 0 Å². The predicted octanol–water partition coefficient (Wildman–Crippen LogP) is 3.38. The minimum Gasteiger partial charge on any atom is -0.390 e. The number of hydrogen-bond acceptors (Lipinski definition) is 2. The second kappa shape index (κ2) is 5.61. The average molecular weight is 250 g/mol. The van der Waals surface area contributed by atoms with Crippen LogP contribution in [0.2, 0.25) is 0 Å². The van der Waals surface area contributed by atoms with Crippen molar-refractivity contribution in [3.8, 4) is 0 Å². The minimum absolute atomic E-state index is 0.00551. The summed E-state index contributed by atoms with van der Waals surface area (Å²) in [6.45, 7) is 6.00. The number of halogens is 2. The molecule has 0 heterocycles. The number of ether oxygens (including phenoxy) is 1.